The van der Waals surface area contributed by atoms with Gasteiger partial charge in [0.05, 0.1) is 32.4 Å². The predicted molar refractivity (Wildman–Crippen MR) is 111 cm³/mol. The third-order valence-electron chi connectivity index (χ3n) is 4.81. The van der Waals surface area contributed by atoms with Crippen molar-refractivity contribution in [1.82, 2.24) is 15.5 Å². The minimum absolute atomic E-state index is 0.0827. The molecular formula is C22H27N3O4. The van der Waals surface area contributed by atoms with Crippen LogP contribution in [0.25, 0.3) is 11.1 Å². The summed E-state index contributed by atoms with van der Waals surface area (Å²) >= 11 is 0. The van der Waals surface area contributed by atoms with Crippen LogP contribution in [0.4, 0.5) is 0 Å². The molecule has 0 radical (unpaired) electrons. The van der Waals surface area contributed by atoms with Crippen LogP contribution in [0.5, 0.6) is 5.75 Å². The Morgan fingerprint density at radius 3 is 2.52 bits per heavy atom. The van der Waals surface area contributed by atoms with Crippen molar-refractivity contribution in [2.24, 2.45) is 0 Å². The Balaban J connectivity index is 1.53. The van der Waals surface area contributed by atoms with Crippen LogP contribution < -0.4 is 15.4 Å². The molecule has 0 aromatic heterocycles. The highest BCUT2D eigenvalue weighted by atomic mass is 16.5. The number of methoxy groups -OCH3 is 1. The van der Waals surface area contributed by atoms with Crippen LogP contribution >= 0.6 is 0 Å². The van der Waals surface area contributed by atoms with E-state index in [2.05, 4.69) is 15.5 Å². The molecule has 0 unspecified atom stereocenters. The van der Waals surface area contributed by atoms with Gasteiger partial charge in [0.1, 0.15) is 5.75 Å². The molecule has 154 valence electrons. The molecule has 1 fully saturated rings. The van der Waals surface area contributed by atoms with Gasteiger partial charge in [-0.2, -0.15) is 0 Å². The summed E-state index contributed by atoms with van der Waals surface area (Å²) < 4.78 is 10.6. The molecule has 1 aliphatic heterocycles. The maximum atomic E-state index is 12.6. The Morgan fingerprint density at radius 2 is 1.79 bits per heavy atom. The molecule has 0 aliphatic carbocycles. The van der Waals surface area contributed by atoms with Gasteiger partial charge < -0.3 is 20.1 Å². The highest BCUT2D eigenvalue weighted by Crippen LogP contribution is 2.26. The summed E-state index contributed by atoms with van der Waals surface area (Å²) in [5.74, 6) is -0.0948. The fourth-order valence-corrected chi connectivity index (χ4v) is 3.19. The van der Waals surface area contributed by atoms with Crippen LogP contribution in [0.3, 0.4) is 0 Å². The SMILES string of the molecule is COc1ccc(-c2ccccc2)cc1C(=O)NCC(=O)NCCN1CCOCC1. The molecule has 0 bridgehead atoms. The molecule has 7 heteroatoms. The van der Waals surface area contributed by atoms with Gasteiger partial charge in [-0.15, -0.1) is 0 Å². The summed E-state index contributed by atoms with van der Waals surface area (Å²) in [6, 6.07) is 15.2. The molecule has 0 atom stereocenters. The van der Waals surface area contributed by atoms with E-state index in [1.807, 2.05) is 36.4 Å². The van der Waals surface area contributed by atoms with Crippen LogP contribution in [0.1, 0.15) is 10.4 Å². The lowest BCUT2D eigenvalue weighted by Gasteiger charge is -2.26. The molecule has 2 N–H and O–H groups in total. The van der Waals surface area contributed by atoms with Crippen molar-refractivity contribution in [3.63, 3.8) is 0 Å². The molecule has 2 aromatic rings. The molecular weight excluding hydrogens is 370 g/mol. The lowest BCUT2D eigenvalue weighted by atomic mass is 10.0. The molecule has 0 saturated carbocycles. The standard InChI is InChI=1S/C22H27N3O4/c1-28-20-8-7-18(17-5-3-2-4-6-17)15-19(20)22(27)24-16-21(26)23-9-10-25-11-13-29-14-12-25/h2-8,15H,9-14,16H2,1H3,(H,23,26)(H,24,27). The van der Waals surface area contributed by atoms with Gasteiger partial charge in [-0.3, -0.25) is 14.5 Å². The van der Waals surface area contributed by atoms with E-state index < -0.39 is 0 Å². The van der Waals surface area contributed by atoms with Gasteiger partial charge >= 0.3 is 0 Å². The monoisotopic (exact) mass is 397 g/mol. The largest absolute Gasteiger partial charge is 0.496 e. The number of hydrogen-bond donors (Lipinski definition) is 2. The van der Waals surface area contributed by atoms with Crippen molar-refractivity contribution in [2.45, 2.75) is 0 Å². The summed E-state index contributed by atoms with van der Waals surface area (Å²) in [7, 11) is 1.52. The molecule has 2 aromatic carbocycles. The van der Waals surface area contributed by atoms with Crippen LogP contribution in [0.15, 0.2) is 48.5 Å². The van der Waals surface area contributed by atoms with Gasteiger partial charge in [0.2, 0.25) is 5.91 Å². The normalized spacial score (nSPS) is 14.2. The number of rotatable bonds is 8. The number of amides is 2. The third-order valence-corrected chi connectivity index (χ3v) is 4.81. The predicted octanol–water partition coefficient (Wildman–Crippen LogP) is 1.54. The van der Waals surface area contributed by atoms with E-state index in [1.54, 1.807) is 12.1 Å². The lowest BCUT2D eigenvalue weighted by Crippen LogP contribution is -2.43. The molecule has 3 rings (SSSR count). The van der Waals surface area contributed by atoms with E-state index >= 15 is 0 Å². The van der Waals surface area contributed by atoms with Gasteiger partial charge in [0.15, 0.2) is 0 Å². The second kappa shape index (κ2) is 10.6. The number of nitrogens with one attached hydrogen (secondary N) is 2. The molecule has 0 spiro atoms. The highest BCUT2D eigenvalue weighted by Gasteiger charge is 2.15. The number of nitrogens with zero attached hydrogens (tertiary/aromatic N) is 1. The zero-order chi connectivity index (χ0) is 20.5. The van der Waals surface area contributed by atoms with Crippen molar-refractivity contribution in [1.29, 1.82) is 0 Å². The Morgan fingerprint density at radius 1 is 1.03 bits per heavy atom. The molecule has 1 saturated heterocycles. The second-order valence-corrected chi connectivity index (χ2v) is 6.77. The summed E-state index contributed by atoms with van der Waals surface area (Å²) in [4.78, 5) is 26.9. The van der Waals surface area contributed by atoms with Crippen LogP contribution in [0, 0.1) is 0 Å². The zero-order valence-corrected chi connectivity index (χ0v) is 16.6. The fraction of sp³-hybridized carbons (Fsp3) is 0.364. The maximum absolute atomic E-state index is 12.6. The topological polar surface area (TPSA) is 79.9 Å². The van der Waals surface area contributed by atoms with Crippen molar-refractivity contribution in [2.75, 3.05) is 53.0 Å². The number of carbonyl (C=O) groups is 2. The van der Waals surface area contributed by atoms with E-state index in [9.17, 15) is 9.59 Å². The van der Waals surface area contributed by atoms with Crippen LogP contribution in [-0.4, -0.2) is 69.8 Å². The van der Waals surface area contributed by atoms with E-state index in [1.165, 1.54) is 7.11 Å². The zero-order valence-electron chi connectivity index (χ0n) is 16.6. The number of hydrogen-bond acceptors (Lipinski definition) is 5. The first-order chi connectivity index (χ1) is 14.2. The minimum Gasteiger partial charge on any atom is -0.496 e. The molecule has 1 heterocycles. The molecule has 1 aliphatic rings. The number of ether oxygens (including phenoxy) is 2. The average molecular weight is 397 g/mol. The van der Waals surface area contributed by atoms with E-state index in [0.29, 0.717) is 17.9 Å². The quantitative estimate of drug-likeness (QED) is 0.706. The molecule has 7 nitrogen and oxygen atoms in total. The number of benzene rings is 2. The minimum atomic E-state index is -0.344. The van der Waals surface area contributed by atoms with E-state index in [-0.39, 0.29) is 18.4 Å². The van der Waals surface area contributed by atoms with Gasteiger partial charge in [0.25, 0.3) is 5.91 Å². The van der Waals surface area contributed by atoms with Gasteiger partial charge in [-0.05, 0) is 23.3 Å². The van der Waals surface area contributed by atoms with Gasteiger partial charge in [0, 0.05) is 26.2 Å². The molecule has 29 heavy (non-hydrogen) atoms. The molecule has 2 amide bonds. The highest BCUT2D eigenvalue weighted by molar-refractivity contribution is 5.99. The first-order valence-corrected chi connectivity index (χ1v) is 9.76. The second-order valence-electron chi connectivity index (χ2n) is 6.77. The summed E-state index contributed by atoms with van der Waals surface area (Å²) in [6.07, 6.45) is 0. The van der Waals surface area contributed by atoms with Crippen LogP contribution in [0.2, 0.25) is 0 Å². The Hall–Kier alpha value is -2.90. The number of morpholine rings is 1. The Labute approximate surface area is 171 Å². The van der Waals surface area contributed by atoms with Crippen molar-refractivity contribution in [3.8, 4) is 16.9 Å². The third kappa shape index (κ3) is 6.04. The summed E-state index contributed by atoms with van der Waals surface area (Å²) in [5.41, 5.74) is 2.31. The van der Waals surface area contributed by atoms with Gasteiger partial charge in [-0.1, -0.05) is 36.4 Å². The lowest BCUT2D eigenvalue weighted by molar-refractivity contribution is -0.120. The van der Waals surface area contributed by atoms with E-state index in [4.69, 9.17) is 9.47 Å². The van der Waals surface area contributed by atoms with Gasteiger partial charge in [-0.25, -0.2) is 0 Å². The number of carbonyl (C=O) groups excluding carboxylic acids is 2. The Kier molecular flexibility index (Phi) is 7.61. The summed E-state index contributed by atoms with van der Waals surface area (Å²) in [5, 5.41) is 5.51. The Bertz CT molecular complexity index is 820. The smallest absolute Gasteiger partial charge is 0.255 e. The maximum Gasteiger partial charge on any atom is 0.255 e. The summed E-state index contributed by atoms with van der Waals surface area (Å²) in [6.45, 7) is 4.45. The van der Waals surface area contributed by atoms with E-state index in [0.717, 1.165) is 44.0 Å². The average Bonchev–Trinajstić information content (AvgIpc) is 2.78. The van der Waals surface area contributed by atoms with Crippen molar-refractivity contribution >= 4 is 11.8 Å². The van der Waals surface area contributed by atoms with Crippen molar-refractivity contribution < 1.29 is 19.1 Å². The first-order valence-electron chi connectivity index (χ1n) is 9.76. The first kappa shape index (κ1) is 20.8. The van der Waals surface area contributed by atoms with Crippen LogP contribution in [-0.2, 0) is 9.53 Å². The van der Waals surface area contributed by atoms with Crippen molar-refractivity contribution in [3.05, 3.63) is 54.1 Å². The fourth-order valence-electron chi connectivity index (χ4n) is 3.19.